The van der Waals surface area contributed by atoms with Gasteiger partial charge in [-0.25, -0.2) is 9.98 Å². The summed E-state index contributed by atoms with van der Waals surface area (Å²) in [5.74, 6) is 2.84. The van der Waals surface area contributed by atoms with Gasteiger partial charge in [-0.1, -0.05) is 34.1 Å². The Hall–Kier alpha value is -0.710. The van der Waals surface area contributed by atoms with Gasteiger partial charge in [0.05, 0.1) is 12.1 Å². The lowest BCUT2D eigenvalue weighted by Gasteiger charge is -2.39. The van der Waals surface area contributed by atoms with Crippen molar-refractivity contribution in [2.75, 3.05) is 13.2 Å². The topological polar surface area (TPSA) is 43.2 Å². The SMILES string of the molecule is CC(C)[C@H]1COC(C2(C3=N[C@@H](C(C)C)CO3)CCC2)=N1.S. The van der Waals surface area contributed by atoms with E-state index >= 15 is 0 Å². The predicted octanol–water partition coefficient (Wildman–Crippen LogP) is 3.18. The van der Waals surface area contributed by atoms with E-state index < -0.39 is 0 Å². The van der Waals surface area contributed by atoms with Crippen molar-refractivity contribution in [3.8, 4) is 0 Å². The van der Waals surface area contributed by atoms with E-state index in [1.807, 2.05) is 0 Å². The summed E-state index contributed by atoms with van der Waals surface area (Å²) in [7, 11) is 0. The smallest absolute Gasteiger partial charge is 0.199 e. The summed E-state index contributed by atoms with van der Waals surface area (Å²) in [6.07, 6.45) is 3.35. The second-order valence-corrected chi connectivity index (χ2v) is 7.05. The molecule has 120 valence electrons. The fraction of sp³-hybridized carbons (Fsp3) is 0.875. The molecule has 0 spiro atoms. The molecule has 21 heavy (non-hydrogen) atoms. The molecular weight excluding hydrogens is 284 g/mol. The summed E-state index contributed by atoms with van der Waals surface area (Å²) in [5, 5.41) is 0. The van der Waals surface area contributed by atoms with Gasteiger partial charge in [0.15, 0.2) is 11.8 Å². The quantitative estimate of drug-likeness (QED) is 0.800. The Kier molecular flexibility index (Phi) is 4.91. The van der Waals surface area contributed by atoms with Gasteiger partial charge < -0.3 is 9.47 Å². The number of hydrogen-bond acceptors (Lipinski definition) is 4. The molecular formula is C16H28N2O2S. The molecule has 1 saturated carbocycles. The van der Waals surface area contributed by atoms with E-state index in [1.165, 1.54) is 6.42 Å². The van der Waals surface area contributed by atoms with Crippen LogP contribution in [0, 0.1) is 17.3 Å². The average molecular weight is 312 g/mol. The summed E-state index contributed by atoms with van der Waals surface area (Å²) in [6, 6.07) is 0.593. The molecule has 0 aromatic heterocycles. The number of rotatable bonds is 4. The lowest BCUT2D eigenvalue weighted by Crippen LogP contribution is -2.45. The van der Waals surface area contributed by atoms with Crippen molar-refractivity contribution in [1.29, 1.82) is 0 Å². The fourth-order valence-electron chi connectivity index (χ4n) is 3.03. The highest BCUT2D eigenvalue weighted by molar-refractivity contribution is 7.59. The van der Waals surface area contributed by atoms with E-state index in [1.54, 1.807) is 0 Å². The maximum Gasteiger partial charge on any atom is 0.199 e. The molecule has 0 bridgehead atoms. The van der Waals surface area contributed by atoms with E-state index in [-0.39, 0.29) is 18.9 Å². The second-order valence-electron chi connectivity index (χ2n) is 7.05. The Bertz CT molecular complexity index is 406. The summed E-state index contributed by atoms with van der Waals surface area (Å²) in [6.45, 7) is 10.2. The minimum atomic E-state index is -0.132. The van der Waals surface area contributed by atoms with Crippen LogP contribution in [0.4, 0.5) is 0 Å². The summed E-state index contributed by atoms with van der Waals surface area (Å²) in [4.78, 5) is 9.66. The van der Waals surface area contributed by atoms with Gasteiger partial charge in [0.2, 0.25) is 0 Å². The van der Waals surface area contributed by atoms with Crippen molar-refractivity contribution in [2.45, 2.75) is 59.0 Å². The Morgan fingerprint density at radius 2 is 1.33 bits per heavy atom. The fourth-order valence-corrected chi connectivity index (χ4v) is 3.03. The molecule has 0 saturated heterocycles. The molecule has 1 aliphatic carbocycles. The van der Waals surface area contributed by atoms with Crippen LogP contribution in [0.25, 0.3) is 0 Å². The third kappa shape index (κ3) is 2.81. The van der Waals surface area contributed by atoms with Crippen molar-refractivity contribution in [1.82, 2.24) is 0 Å². The largest absolute Gasteiger partial charge is 0.478 e. The highest BCUT2D eigenvalue weighted by Gasteiger charge is 2.53. The molecule has 2 aliphatic heterocycles. The first-order valence-electron chi connectivity index (χ1n) is 7.95. The molecule has 3 rings (SSSR count). The lowest BCUT2D eigenvalue weighted by atomic mass is 9.68. The summed E-state index contributed by atoms with van der Waals surface area (Å²) >= 11 is 0. The Morgan fingerprint density at radius 1 is 0.905 bits per heavy atom. The van der Waals surface area contributed by atoms with Crippen molar-refractivity contribution in [3.63, 3.8) is 0 Å². The van der Waals surface area contributed by atoms with Gasteiger partial charge in [0, 0.05) is 0 Å². The zero-order chi connectivity index (χ0) is 14.3. The van der Waals surface area contributed by atoms with Crippen molar-refractivity contribution < 1.29 is 9.47 Å². The second kappa shape index (κ2) is 6.19. The van der Waals surface area contributed by atoms with Crippen LogP contribution in [-0.2, 0) is 9.47 Å². The third-order valence-electron chi connectivity index (χ3n) is 4.91. The van der Waals surface area contributed by atoms with Gasteiger partial charge in [0.25, 0.3) is 0 Å². The first-order valence-corrected chi connectivity index (χ1v) is 7.95. The molecule has 0 radical (unpaired) electrons. The number of hydrogen-bond donors (Lipinski definition) is 0. The van der Waals surface area contributed by atoms with Gasteiger partial charge >= 0.3 is 0 Å². The molecule has 0 unspecified atom stereocenters. The summed E-state index contributed by atoms with van der Waals surface area (Å²) < 4.78 is 11.9. The standard InChI is InChI=1S/C16H26N2O2.H2S/c1-10(2)12-8-19-14(17-12)16(6-5-7-16)15-18-13(9-20-15)11(3)4;/h10-13H,5-9H2,1-4H3;1H2/t12-,13-;/m1./s1. The molecule has 0 aromatic rings. The van der Waals surface area contributed by atoms with E-state index in [2.05, 4.69) is 27.7 Å². The number of nitrogens with zero attached hydrogens (tertiary/aromatic N) is 2. The Labute approximate surface area is 134 Å². The molecule has 0 N–H and O–H groups in total. The van der Waals surface area contributed by atoms with Gasteiger partial charge in [-0.15, -0.1) is 0 Å². The highest BCUT2D eigenvalue weighted by atomic mass is 32.1. The van der Waals surface area contributed by atoms with Crippen LogP contribution in [0.2, 0.25) is 0 Å². The van der Waals surface area contributed by atoms with E-state index in [0.29, 0.717) is 23.9 Å². The molecule has 3 aliphatic rings. The van der Waals surface area contributed by atoms with Crippen LogP contribution in [-0.4, -0.2) is 37.1 Å². The molecule has 2 atom stereocenters. The third-order valence-corrected chi connectivity index (χ3v) is 4.91. The first kappa shape index (κ1) is 16.7. The Morgan fingerprint density at radius 3 is 1.57 bits per heavy atom. The Balaban J connectivity index is 0.00000161. The predicted molar refractivity (Wildman–Crippen MR) is 90.7 cm³/mol. The maximum absolute atomic E-state index is 5.93. The van der Waals surface area contributed by atoms with Gasteiger partial charge in [0.1, 0.15) is 18.6 Å². The monoisotopic (exact) mass is 312 g/mol. The highest BCUT2D eigenvalue weighted by Crippen LogP contribution is 2.47. The minimum Gasteiger partial charge on any atom is -0.478 e. The number of ether oxygens (including phenoxy) is 2. The van der Waals surface area contributed by atoms with Crippen LogP contribution in [0.5, 0.6) is 0 Å². The lowest BCUT2D eigenvalue weighted by molar-refractivity contribution is 0.190. The molecule has 4 nitrogen and oxygen atoms in total. The van der Waals surface area contributed by atoms with Crippen LogP contribution >= 0.6 is 13.5 Å². The van der Waals surface area contributed by atoms with Crippen LogP contribution in [0.15, 0.2) is 9.98 Å². The maximum atomic E-state index is 5.93. The first-order chi connectivity index (χ1) is 9.53. The normalized spacial score (nSPS) is 30.2. The van der Waals surface area contributed by atoms with Gasteiger partial charge in [-0.05, 0) is 24.7 Å². The van der Waals surface area contributed by atoms with Crippen LogP contribution in [0.1, 0.15) is 47.0 Å². The van der Waals surface area contributed by atoms with Crippen molar-refractivity contribution in [2.24, 2.45) is 27.2 Å². The van der Waals surface area contributed by atoms with Gasteiger partial charge in [-0.2, -0.15) is 13.5 Å². The van der Waals surface area contributed by atoms with Crippen molar-refractivity contribution >= 4 is 25.3 Å². The molecule has 0 amide bonds. The van der Waals surface area contributed by atoms with Crippen LogP contribution < -0.4 is 0 Å². The van der Waals surface area contributed by atoms with E-state index in [9.17, 15) is 0 Å². The van der Waals surface area contributed by atoms with E-state index in [4.69, 9.17) is 19.5 Å². The minimum absolute atomic E-state index is 0. The molecule has 0 aromatic carbocycles. The average Bonchev–Trinajstić information content (AvgIpc) is 2.96. The van der Waals surface area contributed by atoms with Gasteiger partial charge in [-0.3, -0.25) is 0 Å². The van der Waals surface area contributed by atoms with Crippen LogP contribution in [0.3, 0.4) is 0 Å². The zero-order valence-electron chi connectivity index (χ0n) is 13.6. The van der Waals surface area contributed by atoms with E-state index in [0.717, 1.165) is 37.9 Å². The number of aliphatic imine (C=N–C) groups is 2. The summed E-state index contributed by atoms with van der Waals surface area (Å²) in [5.41, 5.74) is -0.132. The zero-order valence-corrected chi connectivity index (χ0v) is 14.6. The van der Waals surface area contributed by atoms with Crippen molar-refractivity contribution in [3.05, 3.63) is 0 Å². The molecule has 2 heterocycles. The molecule has 1 fully saturated rings. The molecule has 5 heteroatoms.